The molecular weight excluding hydrogens is 602 g/mol. The molecule has 1 aromatic heterocycles. The minimum Gasteiger partial charge on any atom is -0.379 e. The zero-order valence-corrected chi connectivity index (χ0v) is 29.7. The summed E-state index contributed by atoms with van der Waals surface area (Å²) < 4.78 is 11.9. The Kier molecular flexibility index (Phi) is 14.6. The lowest BCUT2D eigenvalue weighted by Gasteiger charge is -2.40. The standard InChI is InChI=1S/C35H55N5O5S/c1-9-23(4)31(39(6)35(43)30(36)22(2)3)28(44-7)21-29(41)40-18-13-16-27(40)32(45-8)24(5)33(42)38-26(34-37-17-19-46-34)20-25-14-11-10-12-15-25/h10-12,14-15,17,19,22-24,26-28,30-32H,9,13,16,18,20-21,36H2,1-8H3,(H,38,42). The van der Waals surface area contributed by atoms with Gasteiger partial charge in [-0.3, -0.25) is 14.4 Å². The molecular formula is C35H55N5O5S. The van der Waals surface area contributed by atoms with E-state index in [2.05, 4.69) is 24.1 Å². The Hall–Kier alpha value is -2.86. The molecule has 3 rings (SSSR count). The van der Waals surface area contributed by atoms with Crippen LogP contribution in [0.1, 0.15) is 76.9 Å². The number of nitrogens with zero attached hydrogens (tertiary/aromatic N) is 3. The number of nitrogens with one attached hydrogen (secondary N) is 1. The van der Waals surface area contributed by atoms with E-state index in [0.717, 1.165) is 29.8 Å². The summed E-state index contributed by atoms with van der Waals surface area (Å²) in [5, 5.41) is 5.98. The number of amides is 3. The maximum atomic E-state index is 14.0. The molecule has 8 unspecified atom stereocenters. The third-order valence-corrected chi connectivity index (χ3v) is 10.5. The Labute approximate surface area is 279 Å². The van der Waals surface area contributed by atoms with Gasteiger partial charge in [0.15, 0.2) is 0 Å². The number of ether oxygens (including phenoxy) is 2. The highest BCUT2D eigenvalue weighted by Crippen LogP contribution is 2.30. The predicted molar refractivity (Wildman–Crippen MR) is 182 cm³/mol. The number of likely N-dealkylation sites (tertiary alicyclic amines) is 1. The zero-order valence-electron chi connectivity index (χ0n) is 28.8. The van der Waals surface area contributed by atoms with E-state index in [1.165, 1.54) is 11.3 Å². The lowest BCUT2D eigenvalue weighted by molar-refractivity contribution is -0.146. The Morgan fingerprint density at radius 3 is 2.39 bits per heavy atom. The molecule has 1 saturated heterocycles. The first-order chi connectivity index (χ1) is 21.9. The number of carbonyl (C=O) groups is 3. The van der Waals surface area contributed by atoms with Crippen molar-refractivity contribution < 1.29 is 23.9 Å². The minimum atomic E-state index is -0.634. The first-order valence-electron chi connectivity index (χ1n) is 16.6. The molecule has 1 aliphatic heterocycles. The highest BCUT2D eigenvalue weighted by Gasteiger charge is 2.42. The van der Waals surface area contributed by atoms with E-state index < -0.39 is 24.2 Å². The summed E-state index contributed by atoms with van der Waals surface area (Å²) in [6.07, 6.45) is 3.81. The van der Waals surface area contributed by atoms with E-state index in [1.807, 2.05) is 61.4 Å². The smallest absolute Gasteiger partial charge is 0.239 e. The van der Waals surface area contributed by atoms with Gasteiger partial charge in [0.2, 0.25) is 17.7 Å². The Morgan fingerprint density at radius 2 is 1.83 bits per heavy atom. The van der Waals surface area contributed by atoms with Gasteiger partial charge in [-0.1, -0.05) is 71.4 Å². The van der Waals surface area contributed by atoms with Crippen molar-refractivity contribution in [2.24, 2.45) is 23.5 Å². The number of nitrogens with two attached hydrogens (primary N) is 1. The van der Waals surface area contributed by atoms with Crippen molar-refractivity contribution in [2.75, 3.05) is 27.8 Å². The fourth-order valence-electron chi connectivity index (χ4n) is 6.59. The van der Waals surface area contributed by atoms with E-state index in [9.17, 15) is 14.4 Å². The van der Waals surface area contributed by atoms with Gasteiger partial charge in [-0.05, 0) is 36.7 Å². The Balaban J connectivity index is 1.75. The molecule has 1 fully saturated rings. The topological polar surface area (TPSA) is 127 Å². The van der Waals surface area contributed by atoms with Crippen molar-refractivity contribution in [1.29, 1.82) is 0 Å². The monoisotopic (exact) mass is 657 g/mol. The number of likely N-dealkylation sites (N-methyl/N-ethyl adjacent to an activating group) is 1. The lowest BCUT2D eigenvalue weighted by Crippen LogP contribution is -2.56. The van der Waals surface area contributed by atoms with Crippen molar-refractivity contribution in [3.05, 3.63) is 52.5 Å². The minimum absolute atomic E-state index is 0.0131. The average Bonchev–Trinajstić information content (AvgIpc) is 3.77. The summed E-state index contributed by atoms with van der Waals surface area (Å²) in [5.41, 5.74) is 7.35. The number of methoxy groups -OCH3 is 2. The van der Waals surface area contributed by atoms with Crippen LogP contribution < -0.4 is 11.1 Å². The van der Waals surface area contributed by atoms with Crippen LogP contribution in [0, 0.1) is 17.8 Å². The molecule has 10 nitrogen and oxygen atoms in total. The van der Waals surface area contributed by atoms with E-state index in [-0.39, 0.29) is 54.1 Å². The number of thiazole rings is 1. The summed E-state index contributed by atoms with van der Waals surface area (Å²) in [6.45, 7) is 10.4. The summed E-state index contributed by atoms with van der Waals surface area (Å²) >= 11 is 1.51. The molecule has 0 spiro atoms. The molecule has 11 heteroatoms. The first kappa shape index (κ1) is 37.6. The second-order valence-electron chi connectivity index (χ2n) is 13.0. The molecule has 3 amide bonds. The first-order valence-corrected chi connectivity index (χ1v) is 17.4. The van der Waals surface area contributed by atoms with E-state index in [4.69, 9.17) is 15.2 Å². The van der Waals surface area contributed by atoms with Crippen molar-refractivity contribution in [3.63, 3.8) is 0 Å². The SMILES string of the molecule is CCC(C)C(C(CC(=O)N1CCCC1C(OC)C(C)C(=O)NC(Cc1ccccc1)c1nccs1)OC)N(C)C(=O)C(N)C(C)C. The van der Waals surface area contributed by atoms with Crippen molar-refractivity contribution in [1.82, 2.24) is 20.1 Å². The fraction of sp³-hybridized carbons (Fsp3) is 0.657. The van der Waals surface area contributed by atoms with Gasteiger partial charge in [0, 0.05) is 39.4 Å². The zero-order chi connectivity index (χ0) is 34.0. The highest BCUT2D eigenvalue weighted by molar-refractivity contribution is 7.09. The van der Waals surface area contributed by atoms with Gasteiger partial charge in [0.05, 0.1) is 48.7 Å². The maximum Gasteiger partial charge on any atom is 0.239 e. The Morgan fingerprint density at radius 1 is 1.13 bits per heavy atom. The Bertz CT molecular complexity index is 1230. The normalized spacial score (nSPS) is 19.6. The van der Waals surface area contributed by atoms with E-state index in [1.54, 1.807) is 32.4 Å². The van der Waals surface area contributed by atoms with Crippen LogP contribution in [-0.2, 0) is 30.3 Å². The quantitative estimate of drug-likeness (QED) is 0.258. The van der Waals surface area contributed by atoms with Crippen LogP contribution in [0.3, 0.4) is 0 Å². The van der Waals surface area contributed by atoms with Crippen molar-refractivity contribution >= 4 is 29.1 Å². The number of hydrogen-bond acceptors (Lipinski definition) is 8. The molecule has 256 valence electrons. The molecule has 0 aliphatic carbocycles. The largest absolute Gasteiger partial charge is 0.379 e. The molecule has 2 heterocycles. The second kappa shape index (κ2) is 17.9. The summed E-state index contributed by atoms with van der Waals surface area (Å²) in [7, 11) is 4.95. The van der Waals surface area contributed by atoms with E-state index in [0.29, 0.717) is 13.0 Å². The third-order valence-electron chi connectivity index (χ3n) is 9.61. The van der Waals surface area contributed by atoms with Crippen LogP contribution in [0.25, 0.3) is 0 Å². The van der Waals surface area contributed by atoms with Crippen LogP contribution in [0.4, 0.5) is 0 Å². The molecule has 8 atom stereocenters. The van der Waals surface area contributed by atoms with Gasteiger partial charge in [0.1, 0.15) is 5.01 Å². The lowest BCUT2D eigenvalue weighted by atomic mass is 9.89. The number of rotatable bonds is 17. The van der Waals surface area contributed by atoms with Gasteiger partial charge in [-0.15, -0.1) is 11.3 Å². The molecule has 1 aromatic carbocycles. The van der Waals surface area contributed by atoms with Gasteiger partial charge in [-0.25, -0.2) is 4.98 Å². The predicted octanol–water partition coefficient (Wildman–Crippen LogP) is 4.45. The van der Waals surface area contributed by atoms with Gasteiger partial charge in [-0.2, -0.15) is 0 Å². The molecule has 46 heavy (non-hydrogen) atoms. The summed E-state index contributed by atoms with van der Waals surface area (Å²) in [6, 6.07) is 8.53. The maximum absolute atomic E-state index is 14.0. The number of benzene rings is 1. The molecule has 0 bridgehead atoms. The van der Waals surface area contributed by atoms with Crippen LogP contribution in [-0.4, -0.2) is 90.7 Å². The summed E-state index contributed by atoms with van der Waals surface area (Å²) in [5.74, 6) is -0.824. The number of aromatic nitrogens is 1. The highest BCUT2D eigenvalue weighted by atomic mass is 32.1. The van der Waals surface area contributed by atoms with Crippen LogP contribution >= 0.6 is 11.3 Å². The van der Waals surface area contributed by atoms with Gasteiger partial charge >= 0.3 is 0 Å². The number of carbonyl (C=O) groups excluding carboxylic acids is 3. The van der Waals surface area contributed by atoms with Crippen LogP contribution in [0.5, 0.6) is 0 Å². The molecule has 2 aromatic rings. The van der Waals surface area contributed by atoms with E-state index >= 15 is 0 Å². The number of hydrogen-bond donors (Lipinski definition) is 2. The van der Waals surface area contributed by atoms with Crippen molar-refractivity contribution in [2.45, 2.75) is 103 Å². The molecule has 3 N–H and O–H groups in total. The van der Waals surface area contributed by atoms with Crippen LogP contribution in [0.15, 0.2) is 41.9 Å². The molecule has 0 radical (unpaired) electrons. The average molecular weight is 658 g/mol. The van der Waals surface area contributed by atoms with Gasteiger partial charge in [0.25, 0.3) is 0 Å². The fourth-order valence-corrected chi connectivity index (χ4v) is 7.28. The second-order valence-corrected chi connectivity index (χ2v) is 13.9. The van der Waals surface area contributed by atoms with Crippen LogP contribution in [0.2, 0.25) is 0 Å². The van der Waals surface area contributed by atoms with Gasteiger partial charge < -0.3 is 30.3 Å². The summed E-state index contributed by atoms with van der Waals surface area (Å²) in [4.78, 5) is 49.0. The molecule has 0 saturated carbocycles. The van der Waals surface area contributed by atoms with Crippen molar-refractivity contribution in [3.8, 4) is 0 Å². The third kappa shape index (κ3) is 9.36. The molecule has 1 aliphatic rings.